The molecule has 134 valence electrons. The molecule has 0 fully saturated rings. The number of nitrogens with zero attached hydrogens (tertiary/aromatic N) is 2. The van der Waals surface area contributed by atoms with Gasteiger partial charge in [0.05, 0.1) is 23.7 Å². The lowest BCUT2D eigenvalue weighted by Crippen LogP contribution is -2.42. The van der Waals surface area contributed by atoms with Gasteiger partial charge in [0.15, 0.2) is 0 Å². The Balaban J connectivity index is 2.11. The fourth-order valence-electron chi connectivity index (χ4n) is 3.48. The van der Waals surface area contributed by atoms with E-state index in [-0.39, 0.29) is 0 Å². The number of aromatic nitrogens is 2. The molecule has 1 aromatic carbocycles. The molecule has 0 saturated heterocycles. The Kier molecular flexibility index (Phi) is 4.20. The molecule has 0 saturated carbocycles. The summed E-state index contributed by atoms with van der Waals surface area (Å²) in [6.45, 7) is -0.591. The summed E-state index contributed by atoms with van der Waals surface area (Å²) in [4.78, 5) is 38.4. The summed E-state index contributed by atoms with van der Waals surface area (Å²) in [5.74, 6) is -1.37. The molecule has 0 unspecified atom stereocenters. The van der Waals surface area contributed by atoms with Crippen LogP contribution >= 0.6 is 22.9 Å². The third kappa shape index (κ3) is 2.68. The van der Waals surface area contributed by atoms with Crippen molar-refractivity contribution in [3.05, 3.63) is 60.6 Å². The van der Waals surface area contributed by atoms with Gasteiger partial charge in [-0.2, -0.15) is 0 Å². The van der Waals surface area contributed by atoms with E-state index >= 15 is 0 Å². The zero-order valence-electron chi connectivity index (χ0n) is 13.7. The van der Waals surface area contributed by atoms with E-state index in [1.165, 1.54) is 11.3 Å². The third-order valence-electron chi connectivity index (χ3n) is 4.60. The van der Waals surface area contributed by atoms with Gasteiger partial charge in [0.1, 0.15) is 4.70 Å². The summed E-state index contributed by atoms with van der Waals surface area (Å²) < 4.78 is 2.57. The molecule has 0 radical (unpaired) electrons. The van der Waals surface area contributed by atoms with Crippen LogP contribution in [0.3, 0.4) is 0 Å². The lowest BCUT2D eigenvalue weighted by Gasteiger charge is -2.16. The molecule has 4 rings (SSSR count). The van der Waals surface area contributed by atoms with Gasteiger partial charge in [-0.3, -0.25) is 9.36 Å². The summed E-state index contributed by atoms with van der Waals surface area (Å²) in [6, 6.07) is 6.28. The molecule has 0 N–H and O–H groups in total. The van der Waals surface area contributed by atoms with Crippen molar-refractivity contribution in [2.24, 2.45) is 0 Å². The number of hydrogen-bond donors (Lipinski definition) is 0. The van der Waals surface area contributed by atoms with E-state index in [9.17, 15) is 19.5 Å². The maximum absolute atomic E-state index is 13.1. The second-order valence-electron chi connectivity index (χ2n) is 6.25. The normalized spacial score (nSPS) is 13.7. The molecule has 2 heterocycles. The van der Waals surface area contributed by atoms with Crippen LogP contribution in [0, 0.1) is 0 Å². The van der Waals surface area contributed by atoms with Crippen LogP contribution in [0.2, 0.25) is 5.02 Å². The van der Waals surface area contributed by atoms with E-state index in [4.69, 9.17) is 11.6 Å². The number of carbonyl (C=O) groups excluding carboxylic acids is 1. The third-order valence-corrected chi connectivity index (χ3v) is 6.13. The summed E-state index contributed by atoms with van der Waals surface area (Å²) in [5, 5.41) is 11.7. The van der Waals surface area contributed by atoms with Gasteiger partial charge in [-0.05, 0) is 55.5 Å². The Morgan fingerprint density at radius 3 is 2.54 bits per heavy atom. The lowest BCUT2D eigenvalue weighted by atomic mass is 9.98. The molecule has 8 heteroatoms. The number of hydrogen-bond acceptors (Lipinski definition) is 5. The minimum atomic E-state index is -1.37. The number of aliphatic carboxylic acids is 1. The Labute approximate surface area is 156 Å². The van der Waals surface area contributed by atoms with Crippen LogP contribution in [0.4, 0.5) is 0 Å². The molecular weight excluding hydrogens is 376 g/mol. The second-order valence-corrected chi connectivity index (χ2v) is 7.79. The van der Waals surface area contributed by atoms with Gasteiger partial charge >= 0.3 is 5.69 Å². The number of benzene rings is 1. The average Bonchev–Trinajstić information content (AvgIpc) is 3.00. The summed E-state index contributed by atoms with van der Waals surface area (Å²) in [5.41, 5.74) is 0.621. The van der Waals surface area contributed by atoms with Crippen molar-refractivity contribution >= 4 is 39.1 Å². The Bertz CT molecular complexity index is 1140. The van der Waals surface area contributed by atoms with Gasteiger partial charge in [0.25, 0.3) is 5.56 Å². The first-order valence-corrected chi connectivity index (χ1v) is 9.42. The highest BCUT2D eigenvalue weighted by Gasteiger charge is 2.24. The Morgan fingerprint density at radius 2 is 1.85 bits per heavy atom. The highest BCUT2D eigenvalue weighted by atomic mass is 35.5. The smallest absolute Gasteiger partial charge is 0.336 e. The van der Waals surface area contributed by atoms with Crippen LogP contribution in [0.15, 0.2) is 33.9 Å². The summed E-state index contributed by atoms with van der Waals surface area (Å²) in [6.07, 6.45) is 3.56. The molecule has 26 heavy (non-hydrogen) atoms. The molecule has 6 nitrogen and oxygen atoms in total. The van der Waals surface area contributed by atoms with Crippen molar-refractivity contribution in [2.45, 2.75) is 32.2 Å². The van der Waals surface area contributed by atoms with Crippen molar-refractivity contribution in [3.63, 3.8) is 0 Å². The molecule has 1 aliphatic carbocycles. The molecule has 0 amide bonds. The minimum absolute atomic E-state index is 0.352. The molecular formula is C18H14ClN2O4S-. The first kappa shape index (κ1) is 17.1. The average molecular weight is 390 g/mol. The molecule has 3 aromatic rings. The van der Waals surface area contributed by atoms with E-state index in [0.29, 0.717) is 20.9 Å². The monoisotopic (exact) mass is 389 g/mol. The SMILES string of the molecule is O=C([O-])Cn1c(=O)n(-c2ccc(Cl)cc2)c(=O)c2sc3c(c21)CCCC3. The highest BCUT2D eigenvalue weighted by Crippen LogP contribution is 2.34. The van der Waals surface area contributed by atoms with Crippen molar-refractivity contribution in [1.82, 2.24) is 9.13 Å². The Hall–Kier alpha value is -2.38. The van der Waals surface area contributed by atoms with Crippen molar-refractivity contribution in [3.8, 4) is 5.69 Å². The molecule has 0 bridgehead atoms. The number of halogens is 1. The molecule has 0 aliphatic heterocycles. The van der Waals surface area contributed by atoms with Crippen LogP contribution < -0.4 is 16.4 Å². The predicted octanol–water partition coefficient (Wildman–Crippen LogP) is 1.50. The first-order valence-electron chi connectivity index (χ1n) is 8.23. The van der Waals surface area contributed by atoms with E-state index in [2.05, 4.69) is 0 Å². The topological polar surface area (TPSA) is 84.1 Å². The van der Waals surface area contributed by atoms with Crippen LogP contribution in [-0.4, -0.2) is 15.1 Å². The molecule has 0 atom stereocenters. The fourth-order valence-corrected chi connectivity index (χ4v) is 4.93. The molecule has 1 aliphatic rings. The molecule has 0 spiro atoms. The fraction of sp³-hybridized carbons (Fsp3) is 0.278. The maximum atomic E-state index is 13.1. The van der Waals surface area contributed by atoms with E-state index in [1.807, 2.05) is 0 Å². The highest BCUT2D eigenvalue weighted by molar-refractivity contribution is 7.19. The maximum Gasteiger partial charge on any atom is 0.336 e. The van der Waals surface area contributed by atoms with Crippen LogP contribution in [-0.2, 0) is 24.2 Å². The Morgan fingerprint density at radius 1 is 1.15 bits per heavy atom. The van der Waals surface area contributed by atoms with E-state index in [0.717, 1.165) is 45.3 Å². The number of carboxylic acids is 1. The number of carboxylic acid groups (broad SMARTS) is 1. The zero-order valence-corrected chi connectivity index (χ0v) is 15.2. The van der Waals surface area contributed by atoms with Crippen LogP contribution in [0.5, 0.6) is 0 Å². The predicted molar refractivity (Wildman–Crippen MR) is 98.3 cm³/mol. The number of thiophene rings is 1. The summed E-state index contributed by atoms with van der Waals surface area (Å²) >= 11 is 7.24. The summed E-state index contributed by atoms with van der Waals surface area (Å²) in [7, 11) is 0. The van der Waals surface area contributed by atoms with E-state index in [1.54, 1.807) is 24.3 Å². The van der Waals surface area contributed by atoms with Gasteiger partial charge in [0, 0.05) is 9.90 Å². The zero-order chi connectivity index (χ0) is 18.4. The van der Waals surface area contributed by atoms with Crippen molar-refractivity contribution < 1.29 is 9.90 Å². The number of carbonyl (C=O) groups is 1. The van der Waals surface area contributed by atoms with Gasteiger partial charge in [0.2, 0.25) is 0 Å². The van der Waals surface area contributed by atoms with Crippen LogP contribution in [0.25, 0.3) is 15.9 Å². The van der Waals surface area contributed by atoms with Crippen molar-refractivity contribution in [1.29, 1.82) is 0 Å². The number of rotatable bonds is 3. The number of fused-ring (bicyclic) bond motifs is 3. The standard InChI is InChI=1S/C18H15ClN2O4S/c19-10-5-7-11(8-6-10)21-17(24)16-15(20(18(21)25)9-14(22)23)12-3-1-2-4-13(12)26-16/h5-8H,1-4,9H2,(H,22,23)/p-1. The van der Waals surface area contributed by atoms with E-state index < -0.39 is 23.8 Å². The quantitative estimate of drug-likeness (QED) is 0.679. The lowest BCUT2D eigenvalue weighted by molar-refractivity contribution is -0.306. The number of aryl methyl sites for hydroxylation is 2. The largest absolute Gasteiger partial charge is 0.548 e. The van der Waals surface area contributed by atoms with Crippen molar-refractivity contribution in [2.75, 3.05) is 0 Å². The van der Waals surface area contributed by atoms with Crippen LogP contribution in [0.1, 0.15) is 23.3 Å². The van der Waals surface area contributed by atoms with Gasteiger partial charge in [-0.1, -0.05) is 11.6 Å². The first-order chi connectivity index (χ1) is 12.5. The van der Waals surface area contributed by atoms with Gasteiger partial charge in [-0.25, -0.2) is 9.36 Å². The van der Waals surface area contributed by atoms with Gasteiger partial charge < -0.3 is 9.90 Å². The second kappa shape index (κ2) is 6.41. The van der Waals surface area contributed by atoms with Gasteiger partial charge in [-0.15, -0.1) is 11.3 Å². The molecule has 2 aromatic heterocycles. The minimum Gasteiger partial charge on any atom is -0.548 e.